The first-order chi connectivity index (χ1) is 3.98. The normalized spacial score (nSPS) is 11.1. The standard InChI is InChI=1S/C4H11N2O2P/c1-4(2,5)3(7)8-6-9/h6H,5,9H2,1-2H3. The molecule has 0 aliphatic carbocycles. The van der Waals surface area contributed by atoms with Crippen molar-refractivity contribution in [3.63, 3.8) is 0 Å². The zero-order valence-electron chi connectivity index (χ0n) is 5.47. The number of rotatable bonds is 2. The molecule has 0 aliphatic heterocycles. The van der Waals surface area contributed by atoms with E-state index in [2.05, 4.69) is 10.1 Å². The van der Waals surface area contributed by atoms with Crippen molar-refractivity contribution >= 4 is 15.4 Å². The summed E-state index contributed by atoms with van der Waals surface area (Å²) in [6.45, 7) is 3.13. The van der Waals surface area contributed by atoms with E-state index in [0.29, 0.717) is 0 Å². The van der Waals surface area contributed by atoms with Crippen LogP contribution >= 0.6 is 9.39 Å². The molecule has 54 valence electrons. The molecule has 0 aromatic rings. The van der Waals surface area contributed by atoms with Crippen molar-refractivity contribution in [2.45, 2.75) is 19.4 Å². The SMILES string of the molecule is CC(C)(N)C(=O)ONP. The Balaban J connectivity index is 3.74. The van der Waals surface area contributed by atoms with Gasteiger partial charge in [-0.05, 0) is 23.2 Å². The van der Waals surface area contributed by atoms with Gasteiger partial charge in [0.2, 0.25) is 0 Å². The van der Waals surface area contributed by atoms with Crippen LogP contribution in [0.1, 0.15) is 13.8 Å². The lowest BCUT2D eigenvalue weighted by Gasteiger charge is -2.14. The molecule has 0 amide bonds. The second-order valence-electron chi connectivity index (χ2n) is 2.23. The molecule has 0 heterocycles. The van der Waals surface area contributed by atoms with E-state index in [1.807, 2.05) is 9.39 Å². The van der Waals surface area contributed by atoms with Crippen LogP contribution in [0.15, 0.2) is 0 Å². The van der Waals surface area contributed by atoms with E-state index < -0.39 is 11.5 Å². The smallest absolute Gasteiger partial charge is 0.344 e. The molecule has 0 saturated carbocycles. The third-order valence-corrected chi connectivity index (χ3v) is 0.796. The van der Waals surface area contributed by atoms with Gasteiger partial charge in [-0.25, -0.2) is 4.79 Å². The Morgan fingerprint density at radius 3 is 2.33 bits per heavy atom. The zero-order chi connectivity index (χ0) is 7.49. The van der Waals surface area contributed by atoms with E-state index in [4.69, 9.17) is 5.73 Å². The Morgan fingerprint density at radius 1 is 1.78 bits per heavy atom. The molecule has 5 heteroatoms. The van der Waals surface area contributed by atoms with Crippen LogP contribution in [-0.4, -0.2) is 11.5 Å². The molecule has 0 radical (unpaired) electrons. The molecule has 0 aromatic carbocycles. The highest BCUT2D eigenvalue weighted by Gasteiger charge is 2.23. The summed E-state index contributed by atoms with van der Waals surface area (Å²) in [5.41, 5.74) is 4.41. The summed E-state index contributed by atoms with van der Waals surface area (Å²) in [6, 6.07) is 0. The first kappa shape index (κ1) is 8.82. The fraction of sp³-hybridized carbons (Fsp3) is 0.750. The van der Waals surface area contributed by atoms with Crippen LogP contribution in [0.3, 0.4) is 0 Å². The number of carbonyl (C=O) groups is 1. The third kappa shape index (κ3) is 3.40. The summed E-state index contributed by atoms with van der Waals surface area (Å²) in [7, 11) is 2.03. The second kappa shape index (κ2) is 3.11. The molecule has 1 unspecified atom stereocenters. The third-order valence-electron chi connectivity index (χ3n) is 0.678. The van der Waals surface area contributed by atoms with E-state index >= 15 is 0 Å². The molecule has 0 aromatic heterocycles. The van der Waals surface area contributed by atoms with Gasteiger partial charge in [-0.1, -0.05) is 0 Å². The Bertz CT molecular complexity index is 110. The first-order valence-electron chi connectivity index (χ1n) is 2.44. The van der Waals surface area contributed by atoms with Crippen LogP contribution in [0.4, 0.5) is 0 Å². The van der Waals surface area contributed by atoms with Crippen LogP contribution in [0.2, 0.25) is 0 Å². The molecule has 0 bridgehead atoms. The first-order valence-corrected chi connectivity index (χ1v) is 3.02. The predicted molar refractivity (Wildman–Crippen MR) is 37.2 cm³/mol. The lowest BCUT2D eigenvalue weighted by Crippen LogP contribution is -2.43. The van der Waals surface area contributed by atoms with Crippen molar-refractivity contribution in [1.82, 2.24) is 5.25 Å². The molecule has 0 aliphatic rings. The highest BCUT2D eigenvalue weighted by molar-refractivity contribution is 7.13. The second-order valence-corrected chi connectivity index (χ2v) is 2.46. The molecule has 4 nitrogen and oxygen atoms in total. The van der Waals surface area contributed by atoms with Crippen molar-refractivity contribution in [3.8, 4) is 0 Å². The van der Waals surface area contributed by atoms with E-state index in [-0.39, 0.29) is 0 Å². The average molecular weight is 150 g/mol. The molecule has 0 fully saturated rings. The molecule has 0 spiro atoms. The van der Waals surface area contributed by atoms with Crippen LogP contribution in [0.5, 0.6) is 0 Å². The predicted octanol–water partition coefficient (Wildman–Crippen LogP) is -0.438. The fourth-order valence-corrected chi connectivity index (χ4v) is 0.292. The molecular formula is C4H11N2O2P. The molecule has 0 rings (SSSR count). The molecular weight excluding hydrogens is 139 g/mol. The Labute approximate surface area is 56.3 Å². The lowest BCUT2D eigenvalue weighted by atomic mass is 10.1. The summed E-state index contributed by atoms with van der Waals surface area (Å²) in [4.78, 5) is 15.0. The number of nitrogens with one attached hydrogen (secondary N) is 1. The number of hydrogen-bond acceptors (Lipinski definition) is 4. The minimum Gasteiger partial charge on any atom is -0.366 e. The van der Waals surface area contributed by atoms with Gasteiger partial charge in [0, 0.05) is 0 Å². The van der Waals surface area contributed by atoms with Gasteiger partial charge in [0.15, 0.2) is 0 Å². The summed E-state index contributed by atoms with van der Waals surface area (Å²) in [6.07, 6.45) is 0. The van der Waals surface area contributed by atoms with Crippen molar-refractivity contribution < 1.29 is 9.63 Å². The van der Waals surface area contributed by atoms with Crippen LogP contribution in [-0.2, 0) is 9.63 Å². The van der Waals surface area contributed by atoms with E-state index in [1.54, 1.807) is 13.8 Å². The van der Waals surface area contributed by atoms with Gasteiger partial charge in [0.1, 0.15) is 5.54 Å². The molecule has 3 N–H and O–H groups in total. The van der Waals surface area contributed by atoms with Gasteiger partial charge in [0.05, 0.1) is 0 Å². The minimum absolute atomic E-state index is 0.488. The fourth-order valence-electron chi connectivity index (χ4n) is 0.185. The number of hydrogen-bond donors (Lipinski definition) is 2. The summed E-state index contributed by atoms with van der Waals surface area (Å²) in [5, 5.41) is 2.16. The Kier molecular flexibility index (Phi) is 3.04. The maximum atomic E-state index is 10.6. The topological polar surface area (TPSA) is 64.4 Å². The Morgan fingerprint density at radius 2 is 2.22 bits per heavy atom. The van der Waals surface area contributed by atoms with Crippen molar-refractivity contribution in [2.24, 2.45) is 5.73 Å². The number of carbonyl (C=O) groups excluding carboxylic acids is 1. The molecule has 1 atom stereocenters. The quantitative estimate of drug-likeness (QED) is 0.414. The lowest BCUT2D eigenvalue weighted by molar-refractivity contribution is -0.152. The summed E-state index contributed by atoms with van der Waals surface area (Å²) >= 11 is 0. The van der Waals surface area contributed by atoms with Crippen molar-refractivity contribution in [3.05, 3.63) is 0 Å². The maximum absolute atomic E-state index is 10.6. The highest BCUT2D eigenvalue weighted by atomic mass is 31.0. The van der Waals surface area contributed by atoms with Crippen molar-refractivity contribution in [2.75, 3.05) is 0 Å². The monoisotopic (exact) mass is 150 g/mol. The van der Waals surface area contributed by atoms with Crippen molar-refractivity contribution in [1.29, 1.82) is 0 Å². The van der Waals surface area contributed by atoms with Gasteiger partial charge in [-0.2, -0.15) is 0 Å². The van der Waals surface area contributed by atoms with E-state index in [0.717, 1.165) is 0 Å². The van der Waals surface area contributed by atoms with Crippen LogP contribution in [0, 0.1) is 0 Å². The van der Waals surface area contributed by atoms with Gasteiger partial charge in [-0.3, -0.25) is 0 Å². The summed E-state index contributed by atoms with van der Waals surface area (Å²) < 4.78 is 0. The van der Waals surface area contributed by atoms with E-state index in [9.17, 15) is 4.79 Å². The highest BCUT2D eigenvalue weighted by Crippen LogP contribution is 1.98. The Hall–Kier alpha value is -0.180. The van der Waals surface area contributed by atoms with Crippen LogP contribution in [0.25, 0.3) is 0 Å². The minimum atomic E-state index is -0.927. The maximum Gasteiger partial charge on any atom is 0.344 e. The van der Waals surface area contributed by atoms with Gasteiger partial charge < -0.3 is 10.6 Å². The van der Waals surface area contributed by atoms with Gasteiger partial charge in [-0.15, -0.1) is 5.25 Å². The summed E-state index contributed by atoms with van der Waals surface area (Å²) in [5.74, 6) is -0.488. The zero-order valence-corrected chi connectivity index (χ0v) is 6.63. The van der Waals surface area contributed by atoms with Gasteiger partial charge >= 0.3 is 5.97 Å². The van der Waals surface area contributed by atoms with Crippen LogP contribution < -0.4 is 11.0 Å². The largest absolute Gasteiger partial charge is 0.366 e. The molecule has 0 saturated heterocycles. The average Bonchev–Trinajstić information content (AvgIpc) is 1.64. The number of nitrogens with two attached hydrogens (primary N) is 1. The van der Waals surface area contributed by atoms with E-state index in [1.165, 1.54) is 0 Å². The van der Waals surface area contributed by atoms with Gasteiger partial charge in [0.25, 0.3) is 0 Å². The molecule has 9 heavy (non-hydrogen) atoms.